The van der Waals surface area contributed by atoms with Crippen molar-refractivity contribution in [3.8, 4) is 5.69 Å². The van der Waals surface area contributed by atoms with Gasteiger partial charge in [0.25, 0.3) is 11.8 Å². The Morgan fingerprint density at radius 1 is 0.800 bits per heavy atom. The van der Waals surface area contributed by atoms with Gasteiger partial charge in [0.05, 0.1) is 5.56 Å². The van der Waals surface area contributed by atoms with Crippen LogP contribution in [0.1, 0.15) is 26.5 Å². The molecule has 0 radical (unpaired) electrons. The molecule has 1 heterocycles. The number of nitrogens with zero attached hydrogens (tertiary/aromatic N) is 3. The Morgan fingerprint density at radius 2 is 1.20 bits per heavy atom. The summed E-state index contributed by atoms with van der Waals surface area (Å²) in [6.45, 7) is 0. The van der Waals surface area contributed by atoms with Crippen LogP contribution in [0.15, 0.2) is 36.4 Å². The fourth-order valence-electron chi connectivity index (χ4n) is 2.31. The SMILES string of the molecule is CN(C)C(=O)c1ccc(C(=O)N(C)C)n1-c1ccc(C(F)(F)F)cc1. The summed E-state index contributed by atoms with van der Waals surface area (Å²) < 4.78 is 39.6. The Labute approximate surface area is 143 Å². The molecule has 0 aliphatic heterocycles. The maximum absolute atomic E-state index is 12.8. The lowest BCUT2D eigenvalue weighted by Crippen LogP contribution is -2.28. The third kappa shape index (κ3) is 3.67. The van der Waals surface area contributed by atoms with Crippen molar-refractivity contribution in [1.29, 1.82) is 0 Å². The van der Waals surface area contributed by atoms with Gasteiger partial charge < -0.3 is 14.4 Å². The van der Waals surface area contributed by atoms with E-state index in [1.807, 2.05) is 0 Å². The second-order valence-electron chi connectivity index (χ2n) is 5.88. The molecule has 0 aliphatic rings. The zero-order chi connectivity index (χ0) is 18.9. The van der Waals surface area contributed by atoms with Crippen LogP contribution in [-0.2, 0) is 6.18 Å². The van der Waals surface area contributed by atoms with Crippen molar-refractivity contribution in [2.45, 2.75) is 6.18 Å². The van der Waals surface area contributed by atoms with Gasteiger partial charge in [0, 0.05) is 33.9 Å². The van der Waals surface area contributed by atoms with E-state index in [2.05, 4.69) is 0 Å². The van der Waals surface area contributed by atoms with Gasteiger partial charge in [0.2, 0.25) is 0 Å². The first kappa shape index (κ1) is 18.6. The standard InChI is InChI=1S/C17H18F3N3O2/c1-21(2)15(24)13-9-10-14(16(25)22(3)4)23(13)12-7-5-11(6-8-12)17(18,19)20/h5-10H,1-4H3. The number of benzene rings is 1. The number of rotatable bonds is 3. The molecular formula is C17H18F3N3O2. The summed E-state index contributed by atoms with van der Waals surface area (Å²) in [6.07, 6.45) is -4.46. The van der Waals surface area contributed by atoms with Crippen molar-refractivity contribution >= 4 is 11.8 Å². The van der Waals surface area contributed by atoms with Gasteiger partial charge in [-0.05, 0) is 36.4 Å². The van der Waals surface area contributed by atoms with Crippen molar-refractivity contribution in [3.63, 3.8) is 0 Å². The number of aromatic nitrogens is 1. The zero-order valence-electron chi connectivity index (χ0n) is 14.3. The zero-order valence-corrected chi connectivity index (χ0v) is 14.3. The van der Waals surface area contributed by atoms with E-state index in [9.17, 15) is 22.8 Å². The molecule has 0 spiro atoms. The second kappa shape index (κ2) is 6.62. The Morgan fingerprint density at radius 3 is 1.52 bits per heavy atom. The minimum Gasteiger partial charge on any atom is -0.343 e. The molecule has 1 aromatic heterocycles. The molecule has 0 fully saturated rings. The Hall–Kier alpha value is -2.77. The summed E-state index contributed by atoms with van der Waals surface area (Å²) in [4.78, 5) is 27.4. The van der Waals surface area contributed by atoms with Crippen LogP contribution in [-0.4, -0.2) is 54.4 Å². The predicted octanol–water partition coefficient (Wildman–Crippen LogP) is 2.90. The highest BCUT2D eigenvalue weighted by Crippen LogP contribution is 2.30. The Bertz CT molecular complexity index is 753. The van der Waals surface area contributed by atoms with E-state index in [0.717, 1.165) is 12.1 Å². The molecule has 0 atom stereocenters. The van der Waals surface area contributed by atoms with Crippen molar-refractivity contribution in [2.24, 2.45) is 0 Å². The molecule has 0 N–H and O–H groups in total. The topological polar surface area (TPSA) is 45.6 Å². The largest absolute Gasteiger partial charge is 0.416 e. The molecule has 0 bridgehead atoms. The quantitative estimate of drug-likeness (QED) is 0.852. The van der Waals surface area contributed by atoms with Crippen molar-refractivity contribution in [2.75, 3.05) is 28.2 Å². The van der Waals surface area contributed by atoms with Crippen molar-refractivity contribution in [1.82, 2.24) is 14.4 Å². The molecule has 0 aliphatic carbocycles. The number of alkyl halides is 3. The summed E-state index contributed by atoms with van der Waals surface area (Å²) in [7, 11) is 6.22. The summed E-state index contributed by atoms with van der Waals surface area (Å²) in [5.74, 6) is -0.726. The highest BCUT2D eigenvalue weighted by Gasteiger charge is 2.30. The normalized spacial score (nSPS) is 11.3. The number of amides is 2. The highest BCUT2D eigenvalue weighted by atomic mass is 19.4. The van der Waals surface area contributed by atoms with Crippen LogP contribution in [0.4, 0.5) is 13.2 Å². The Kier molecular flexibility index (Phi) is 4.92. The molecule has 2 rings (SSSR count). The molecule has 8 heteroatoms. The van der Waals surface area contributed by atoms with E-state index in [1.165, 1.54) is 38.6 Å². The predicted molar refractivity (Wildman–Crippen MR) is 86.8 cm³/mol. The van der Waals surface area contributed by atoms with Crippen LogP contribution < -0.4 is 0 Å². The van der Waals surface area contributed by atoms with E-state index in [1.54, 1.807) is 28.2 Å². The van der Waals surface area contributed by atoms with Crippen LogP contribution in [0.25, 0.3) is 5.69 Å². The molecular weight excluding hydrogens is 335 g/mol. The minimum absolute atomic E-state index is 0.190. The number of carbonyl (C=O) groups is 2. The van der Waals surface area contributed by atoms with Gasteiger partial charge in [0.1, 0.15) is 11.4 Å². The van der Waals surface area contributed by atoms with E-state index in [-0.39, 0.29) is 23.2 Å². The minimum atomic E-state index is -4.46. The molecule has 25 heavy (non-hydrogen) atoms. The number of hydrogen-bond acceptors (Lipinski definition) is 2. The maximum atomic E-state index is 12.8. The molecule has 0 saturated heterocycles. The van der Waals surface area contributed by atoms with Crippen molar-refractivity contribution < 1.29 is 22.8 Å². The van der Waals surface area contributed by atoms with Crippen molar-refractivity contribution in [3.05, 3.63) is 53.3 Å². The summed E-state index contributed by atoms with van der Waals surface area (Å²) in [5.41, 5.74) is -0.123. The van der Waals surface area contributed by atoms with E-state index < -0.39 is 11.7 Å². The van der Waals surface area contributed by atoms with Gasteiger partial charge >= 0.3 is 6.18 Å². The molecule has 5 nitrogen and oxygen atoms in total. The maximum Gasteiger partial charge on any atom is 0.416 e. The van der Waals surface area contributed by atoms with Crippen LogP contribution in [0.2, 0.25) is 0 Å². The first-order chi connectivity index (χ1) is 11.5. The first-order valence-electron chi connectivity index (χ1n) is 7.36. The molecule has 1 aromatic carbocycles. The molecule has 0 unspecified atom stereocenters. The van der Waals surface area contributed by atoms with Crippen LogP contribution >= 0.6 is 0 Å². The van der Waals surface area contributed by atoms with Crippen LogP contribution in [0.3, 0.4) is 0 Å². The fourth-order valence-corrected chi connectivity index (χ4v) is 2.31. The van der Waals surface area contributed by atoms with Gasteiger partial charge in [0.15, 0.2) is 0 Å². The van der Waals surface area contributed by atoms with Crippen LogP contribution in [0.5, 0.6) is 0 Å². The van der Waals surface area contributed by atoms with E-state index >= 15 is 0 Å². The number of hydrogen-bond donors (Lipinski definition) is 0. The van der Waals surface area contributed by atoms with Gasteiger partial charge in [-0.15, -0.1) is 0 Å². The van der Waals surface area contributed by atoms with E-state index in [4.69, 9.17) is 0 Å². The number of carbonyl (C=O) groups excluding carboxylic acids is 2. The van der Waals surface area contributed by atoms with Gasteiger partial charge in [-0.1, -0.05) is 0 Å². The second-order valence-corrected chi connectivity index (χ2v) is 5.88. The third-order valence-electron chi connectivity index (χ3n) is 3.58. The lowest BCUT2D eigenvalue weighted by Gasteiger charge is -2.18. The first-order valence-corrected chi connectivity index (χ1v) is 7.36. The smallest absolute Gasteiger partial charge is 0.343 e. The van der Waals surface area contributed by atoms with Gasteiger partial charge in [-0.25, -0.2) is 0 Å². The van der Waals surface area contributed by atoms with Gasteiger partial charge in [-0.3, -0.25) is 9.59 Å². The average Bonchev–Trinajstić information content (AvgIpc) is 2.97. The molecule has 0 saturated carbocycles. The fraction of sp³-hybridized carbons (Fsp3) is 0.294. The summed E-state index contributed by atoms with van der Waals surface area (Å²) in [5, 5.41) is 0. The highest BCUT2D eigenvalue weighted by molar-refractivity contribution is 5.98. The number of halogens is 3. The third-order valence-corrected chi connectivity index (χ3v) is 3.58. The summed E-state index contributed by atoms with van der Waals surface area (Å²) in [6, 6.07) is 7.28. The van der Waals surface area contributed by atoms with Gasteiger partial charge in [-0.2, -0.15) is 13.2 Å². The molecule has 2 amide bonds. The molecule has 134 valence electrons. The molecule has 2 aromatic rings. The monoisotopic (exact) mass is 353 g/mol. The van der Waals surface area contributed by atoms with E-state index in [0.29, 0.717) is 5.69 Å². The summed E-state index contributed by atoms with van der Waals surface area (Å²) >= 11 is 0. The van der Waals surface area contributed by atoms with Crippen LogP contribution in [0, 0.1) is 0 Å². The average molecular weight is 353 g/mol. The lowest BCUT2D eigenvalue weighted by atomic mass is 10.2. The lowest BCUT2D eigenvalue weighted by molar-refractivity contribution is -0.137. The Balaban J connectivity index is 2.62.